The van der Waals surface area contributed by atoms with Gasteiger partial charge in [-0.25, -0.2) is 4.79 Å². The second-order valence-corrected chi connectivity index (χ2v) is 8.88. The number of nitrogens with two attached hydrogens (primary N) is 1. The molecule has 3 aromatic rings. The van der Waals surface area contributed by atoms with Gasteiger partial charge in [0, 0.05) is 21.8 Å². The summed E-state index contributed by atoms with van der Waals surface area (Å²) >= 11 is 8.45. The molecule has 1 atom stereocenters. The van der Waals surface area contributed by atoms with E-state index in [2.05, 4.69) is 27.9 Å². The number of benzene rings is 3. The number of carbonyl (C=O) groups excluding carboxylic acids is 1. The van der Waals surface area contributed by atoms with Gasteiger partial charge in [-0.1, -0.05) is 41.9 Å². The maximum atomic E-state index is 12.7. The number of anilines is 1. The lowest BCUT2D eigenvalue weighted by Gasteiger charge is -2.22. The Morgan fingerprint density at radius 2 is 1.82 bits per heavy atom. The molecule has 3 rings (SSSR count). The van der Waals surface area contributed by atoms with Crippen LogP contribution in [0.5, 0.6) is 5.75 Å². The molecule has 0 spiro atoms. The van der Waals surface area contributed by atoms with Crippen LogP contribution in [0.3, 0.4) is 0 Å². The molecule has 178 valence electrons. The highest BCUT2D eigenvalue weighted by Gasteiger charge is 2.27. The first-order valence-corrected chi connectivity index (χ1v) is 11.9. The van der Waals surface area contributed by atoms with E-state index in [4.69, 9.17) is 37.0 Å². The first-order valence-electron chi connectivity index (χ1n) is 10.4. The molecule has 7 nitrogen and oxygen atoms in total. The van der Waals surface area contributed by atoms with Crippen molar-refractivity contribution < 1.29 is 19.0 Å². The van der Waals surface area contributed by atoms with Gasteiger partial charge in [0.15, 0.2) is 6.04 Å². The number of hydrogen-bond acceptors (Lipinski definition) is 6. The SMILES string of the molecule is COC(=O)C(Nc1ccc(C(=N)N)cc1)c1cc(Cl)cc(I)c1OCCOCc1ccccc1. The second-order valence-electron chi connectivity index (χ2n) is 7.28. The molecule has 0 aliphatic heterocycles. The fourth-order valence-corrected chi connectivity index (χ4v) is 4.42. The lowest BCUT2D eigenvalue weighted by atomic mass is 10.0. The van der Waals surface area contributed by atoms with Crippen molar-refractivity contribution in [2.75, 3.05) is 25.6 Å². The van der Waals surface area contributed by atoms with Crippen LogP contribution in [0.4, 0.5) is 5.69 Å². The lowest BCUT2D eigenvalue weighted by molar-refractivity contribution is -0.141. The summed E-state index contributed by atoms with van der Waals surface area (Å²) in [4.78, 5) is 12.7. The van der Waals surface area contributed by atoms with Crippen LogP contribution >= 0.6 is 34.2 Å². The van der Waals surface area contributed by atoms with Crippen LogP contribution in [0, 0.1) is 8.98 Å². The molecular weight excluding hydrogens is 569 g/mol. The molecule has 0 fully saturated rings. The molecular formula is C25H25ClIN3O4. The molecule has 1 unspecified atom stereocenters. The van der Waals surface area contributed by atoms with Crippen LogP contribution < -0.4 is 15.8 Å². The highest BCUT2D eigenvalue weighted by Crippen LogP contribution is 2.36. The molecule has 0 saturated heterocycles. The predicted molar refractivity (Wildman–Crippen MR) is 142 cm³/mol. The first-order chi connectivity index (χ1) is 16.4. The number of halogens is 2. The quantitative estimate of drug-likeness (QED) is 0.0934. The third-order valence-corrected chi connectivity index (χ3v) is 5.90. The van der Waals surface area contributed by atoms with Crippen LogP contribution in [0.25, 0.3) is 0 Å². The maximum Gasteiger partial charge on any atom is 0.333 e. The first kappa shape index (κ1) is 25.8. The number of amidine groups is 1. The van der Waals surface area contributed by atoms with Crippen LogP contribution in [-0.2, 0) is 20.9 Å². The van der Waals surface area contributed by atoms with Gasteiger partial charge in [0.2, 0.25) is 0 Å². The number of carbonyl (C=O) groups is 1. The highest BCUT2D eigenvalue weighted by atomic mass is 127. The molecule has 0 heterocycles. The minimum Gasteiger partial charge on any atom is -0.490 e. The van der Waals surface area contributed by atoms with Crippen molar-refractivity contribution in [2.24, 2.45) is 5.73 Å². The fraction of sp³-hybridized carbons (Fsp3) is 0.200. The molecule has 3 aromatic carbocycles. The van der Waals surface area contributed by atoms with E-state index in [1.807, 2.05) is 30.3 Å². The van der Waals surface area contributed by atoms with E-state index in [9.17, 15) is 4.79 Å². The summed E-state index contributed by atoms with van der Waals surface area (Å²) in [7, 11) is 1.32. The van der Waals surface area contributed by atoms with E-state index in [1.165, 1.54) is 7.11 Å². The monoisotopic (exact) mass is 593 g/mol. The molecule has 0 radical (unpaired) electrons. The van der Waals surface area contributed by atoms with Gasteiger partial charge in [-0.05, 0) is 64.6 Å². The Balaban J connectivity index is 1.77. The summed E-state index contributed by atoms with van der Waals surface area (Å²) in [5, 5.41) is 11.2. The zero-order valence-electron chi connectivity index (χ0n) is 18.5. The number of hydrogen-bond donors (Lipinski definition) is 3. The predicted octanol–water partition coefficient (Wildman–Crippen LogP) is 5.15. The van der Waals surface area contributed by atoms with Crippen molar-refractivity contribution in [1.82, 2.24) is 0 Å². The third-order valence-electron chi connectivity index (χ3n) is 4.88. The van der Waals surface area contributed by atoms with Gasteiger partial charge in [0.1, 0.15) is 18.2 Å². The zero-order valence-corrected chi connectivity index (χ0v) is 21.4. The third kappa shape index (κ3) is 7.09. The molecule has 0 aliphatic rings. The van der Waals surface area contributed by atoms with E-state index < -0.39 is 12.0 Å². The molecule has 0 amide bonds. The van der Waals surface area contributed by atoms with Crippen molar-refractivity contribution in [1.29, 1.82) is 5.41 Å². The molecule has 0 aromatic heterocycles. The van der Waals surface area contributed by atoms with Crippen molar-refractivity contribution in [2.45, 2.75) is 12.6 Å². The molecule has 0 aliphatic carbocycles. The van der Waals surface area contributed by atoms with E-state index in [0.717, 1.165) is 9.13 Å². The van der Waals surface area contributed by atoms with Crippen LogP contribution in [0.1, 0.15) is 22.7 Å². The number of esters is 1. The minimum absolute atomic E-state index is 0.0365. The smallest absolute Gasteiger partial charge is 0.333 e. The van der Waals surface area contributed by atoms with Crippen molar-refractivity contribution >= 4 is 51.7 Å². The minimum atomic E-state index is -0.874. The zero-order chi connectivity index (χ0) is 24.5. The van der Waals surface area contributed by atoms with Crippen LogP contribution in [-0.4, -0.2) is 32.1 Å². The number of rotatable bonds is 11. The van der Waals surface area contributed by atoms with Crippen molar-refractivity contribution in [3.8, 4) is 5.75 Å². The highest BCUT2D eigenvalue weighted by molar-refractivity contribution is 14.1. The Labute approximate surface area is 217 Å². The number of nitrogen functional groups attached to an aromatic ring is 1. The lowest BCUT2D eigenvalue weighted by Crippen LogP contribution is -2.24. The van der Waals surface area contributed by atoms with Crippen LogP contribution in [0.2, 0.25) is 5.02 Å². The Kier molecular flexibility index (Phi) is 9.55. The van der Waals surface area contributed by atoms with Crippen molar-refractivity contribution in [3.05, 3.63) is 92.0 Å². The van der Waals surface area contributed by atoms with Gasteiger partial charge in [-0.15, -0.1) is 0 Å². The van der Waals surface area contributed by atoms with E-state index in [-0.39, 0.29) is 5.84 Å². The second kappa shape index (κ2) is 12.6. The summed E-state index contributed by atoms with van der Waals surface area (Å²) in [5.41, 5.74) is 8.38. The van der Waals surface area contributed by atoms with Gasteiger partial charge in [-0.3, -0.25) is 5.41 Å². The Hall–Kier alpha value is -2.82. The van der Waals surface area contributed by atoms with E-state index in [1.54, 1.807) is 36.4 Å². The molecule has 34 heavy (non-hydrogen) atoms. The Morgan fingerprint density at radius 3 is 2.47 bits per heavy atom. The largest absolute Gasteiger partial charge is 0.490 e. The molecule has 0 saturated carbocycles. The van der Waals surface area contributed by atoms with Crippen LogP contribution in [0.15, 0.2) is 66.7 Å². The normalized spacial score (nSPS) is 11.5. The van der Waals surface area contributed by atoms with Gasteiger partial charge >= 0.3 is 5.97 Å². The van der Waals surface area contributed by atoms with E-state index in [0.29, 0.717) is 47.4 Å². The average molecular weight is 594 g/mol. The molecule has 9 heteroatoms. The van der Waals surface area contributed by atoms with Gasteiger partial charge in [-0.2, -0.15) is 0 Å². The van der Waals surface area contributed by atoms with Gasteiger partial charge in [0.25, 0.3) is 0 Å². The summed E-state index contributed by atoms with van der Waals surface area (Å²) in [6.07, 6.45) is 0. The average Bonchev–Trinajstić information content (AvgIpc) is 2.83. The summed E-state index contributed by atoms with van der Waals surface area (Å²) in [6.45, 7) is 1.14. The standard InChI is InChI=1S/C25H25ClIN3O4/c1-32-25(31)22(30-19-9-7-17(8-10-19)24(28)29)20-13-18(26)14-21(27)23(20)34-12-11-33-15-16-5-3-2-4-6-16/h2-10,13-14,22,30H,11-12,15H2,1H3,(H3,28,29). The van der Waals surface area contributed by atoms with Gasteiger partial charge < -0.3 is 25.3 Å². The summed E-state index contributed by atoms with van der Waals surface area (Å²) < 4.78 is 17.6. The maximum absolute atomic E-state index is 12.7. The van der Waals surface area contributed by atoms with Gasteiger partial charge in [0.05, 0.1) is 23.9 Å². The number of nitrogens with one attached hydrogen (secondary N) is 2. The number of methoxy groups -OCH3 is 1. The fourth-order valence-electron chi connectivity index (χ4n) is 3.21. The van der Waals surface area contributed by atoms with E-state index >= 15 is 0 Å². The molecule has 4 N–H and O–H groups in total. The molecule has 0 bridgehead atoms. The number of ether oxygens (including phenoxy) is 3. The topological polar surface area (TPSA) is 107 Å². The summed E-state index contributed by atoms with van der Waals surface area (Å²) in [6, 6.07) is 19.3. The Bertz CT molecular complexity index is 1130. The Morgan fingerprint density at radius 1 is 1.12 bits per heavy atom. The van der Waals surface area contributed by atoms with Crippen molar-refractivity contribution in [3.63, 3.8) is 0 Å². The summed E-state index contributed by atoms with van der Waals surface area (Å²) in [5.74, 6) is -0.0129.